The molecule has 1 aliphatic heterocycles. The summed E-state index contributed by atoms with van der Waals surface area (Å²) >= 11 is 0. The van der Waals surface area contributed by atoms with E-state index >= 15 is 0 Å². The molecule has 31 heavy (non-hydrogen) atoms. The predicted molar refractivity (Wildman–Crippen MR) is 123 cm³/mol. The molecule has 1 heterocycles. The summed E-state index contributed by atoms with van der Waals surface area (Å²) in [6.07, 6.45) is 0.669. The largest absolute Gasteiger partial charge is 0.335 e. The van der Waals surface area contributed by atoms with Gasteiger partial charge in [-0.2, -0.15) is 0 Å². The molecule has 0 aromatic carbocycles. The number of hydrogen-bond acceptors (Lipinski definition) is 5. The Morgan fingerprint density at radius 2 is 1.00 bits per heavy atom. The van der Waals surface area contributed by atoms with E-state index in [0.717, 1.165) is 36.0 Å². The Kier molecular flexibility index (Phi) is 11.3. The van der Waals surface area contributed by atoms with Gasteiger partial charge in [-0.1, -0.05) is 65.2 Å². The van der Waals surface area contributed by atoms with Crippen LogP contribution in [0.2, 0.25) is 0 Å². The molecule has 0 aliphatic carbocycles. The van der Waals surface area contributed by atoms with Crippen molar-refractivity contribution in [2.75, 3.05) is 52.4 Å². The molecule has 1 aliphatic rings. The summed E-state index contributed by atoms with van der Waals surface area (Å²) in [5.41, 5.74) is -1.23. The van der Waals surface area contributed by atoms with Gasteiger partial charge in [0.05, 0.1) is 26.2 Å². The fourth-order valence-electron chi connectivity index (χ4n) is 3.56. The molecule has 7 nitrogen and oxygen atoms in total. The minimum Gasteiger partial charge on any atom is -0.293 e. The molecule has 172 valence electrons. The monoisotopic (exact) mass is 430 g/mol. The van der Waals surface area contributed by atoms with Gasteiger partial charge < -0.3 is 0 Å². The lowest BCUT2D eigenvalue weighted by molar-refractivity contribution is -0.158. The van der Waals surface area contributed by atoms with Crippen LogP contribution in [-0.2, 0) is 9.59 Å². The molecule has 0 aromatic heterocycles. The highest BCUT2D eigenvalue weighted by Crippen LogP contribution is 2.35. The zero-order chi connectivity index (χ0) is 23.4. The second kappa shape index (κ2) is 13.1. The Morgan fingerprint density at radius 1 is 0.645 bits per heavy atom. The fraction of sp³-hybridized carbons (Fsp3) is 0.708. The normalized spacial score (nSPS) is 15.8. The number of rotatable bonds is 10. The van der Waals surface area contributed by atoms with Crippen LogP contribution in [0.4, 0.5) is 4.79 Å². The van der Waals surface area contributed by atoms with Crippen LogP contribution in [0.15, 0.2) is 0 Å². The number of hydrogen-bond donors (Lipinski definition) is 0. The van der Waals surface area contributed by atoms with Crippen LogP contribution in [-0.4, -0.2) is 89.8 Å². The first-order valence-electron chi connectivity index (χ1n) is 11.4. The van der Waals surface area contributed by atoms with Gasteiger partial charge in [-0.15, -0.1) is 0 Å². The third kappa shape index (κ3) is 6.32. The van der Waals surface area contributed by atoms with Crippen LogP contribution < -0.4 is 0 Å². The van der Waals surface area contributed by atoms with Crippen molar-refractivity contribution in [3.05, 3.63) is 0 Å². The first-order valence-corrected chi connectivity index (χ1v) is 11.4. The lowest BCUT2D eigenvalue weighted by Gasteiger charge is -2.42. The van der Waals surface area contributed by atoms with E-state index in [1.54, 1.807) is 0 Å². The van der Waals surface area contributed by atoms with E-state index in [1.165, 1.54) is 0 Å². The van der Waals surface area contributed by atoms with Crippen molar-refractivity contribution in [1.82, 2.24) is 19.6 Å². The molecule has 0 atom stereocenters. The zero-order valence-electron chi connectivity index (χ0n) is 20.1. The summed E-state index contributed by atoms with van der Waals surface area (Å²) in [6.45, 7) is 16.5. The molecule has 0 aromatic rings. The zero-order valence-corrected chi connectivity index (χ0v) is 20.1. The van der Waals surface area contributed by atoms with Crippen molar-refractivity contribution in [3.8, 4) is 23.7 Å². The Balaban J connectivity index is 3.07. The van der Waals surface area contributed by atoms with E-state index in [2.05, 4.69) is 61.2 Å². The second-order valence-electron chi connectivity index (χ2n) is 7.48. The molecule has 7 heteroatoms. The Morgan fingerprint density at radius 3 is 1.29 bits per heavy atom. The Hall–Kier alpha value is -2.35. The van der Waals surface area contributed by atoms with Gasteiger partial charge in [0.25, 0.3) is 0 Å². The summed E-state index contributed by atoms with van der Waals surface area (Å²) in [7, 11) is 0. The number of amides is 4. The summed E-state index contributed by atoms with van der Waals surface area (Å²) in [4.78, 5) is 45.8. The molecule has 0 radical (unpaired) electrons. The summed E-state index contributed by atoms with van der Waals surface area (Å²) < 4.78 is 0. The van der Waals surface area contributed by atoms with Gasteiger partial charge >= 0.3 is 6.03 Å². The lowest BCUT2D eigenvalue weighted by Crippen LogP contribution is -2.65. The summed E-state index contributed by atoms with van der Waals surface area (Å²) in [6, 6.07) is -0.623. The van der Waals surface area contributed by atoms with Gasteiger partial charge in [0.15, 0.2) is 0 Å². The minimum absolute atomic E-state index is 0.0165. The molecule has 0 saturated carbocycles. The number of imide groups is 2. The van der Waals surface area contributed by atoms with Crippen molar-refractivity contribution >= 4 is 17.8 Å². The number of urea groups is 1. The highest BCUT2D eigenvalue weighted by molar-refractivity contribution is 6.19. The molecule has 1 saturated heterocycles. The molecule has 1 fully saturated rings. The van der Waals surface area contributed by atoms with E-state index < -0.39 is 23.3 Å². The maximum atomic E-state index is 13.2. The smallest absolute Gasteiger partial charge is 0.293 e. The number of carbonyl (C=O) groups is 3. The van der Waals surface area contributed by atoms with Gasteiger partial charge in [0.1, 0.15) is 5.41 Å². The molecule has 0 spiro atoms. The molecular formula is C24H38N4O3. The Labute approximate surface area is 188 Å². The molecule has 0 bridgehead atoms. The first-order chi connectivity index (χ1) is 14.9. The van der Waals surface area contributed by atoms with Gasteiger partial charge in [-0.3, -0.25) is 29.2 Å². The maximum Gasteiger partial charge on any atom is 0.335 e. The van der Waals surface area contributed by atoms with Crippen molar-refractivity contribution in [2.24, 2.45) is 5.41 Å². The first kappa shape index (κ1) is 26.7. The Bertz CT molecular complexity index is 686. The molecule has 0 N–H and O–H groups in total. The van der Waals surface area contributed by atoms with E-state index in [-0.39, 0.29) is 13.1 Å². The molecular weight excluding hydrogens is 392 g/mol. The highest BCUT2D eigenvalue weighted by Gasteiger charge is 2.54. The third-order valence-electron chi connectivity index (χ3n) is 6.10. The summed E-state index contributed by atoms with van der Waals surface area (Å²) in [5.74, 6) is 11.1. The third-order valence-corrected chi connectivity index (χ3v) is 6.10. The van der Waals surface area contributed by atoms with E-state index in [4.69, 9.17) is 0 Å². The number of barbiturate groups is 1. The van der Waals surface area contributed by atoms with Crippen LogP contribution >= 0.6 is 0 Å². The molecule has 4 amide bonds. The van der Waals surface area contributed by atoms with Crippen molar-refractivity contribution in [3.63, 3.8) is 0 Å². The van der Waals surface area contributed by atoms with E-state index in [9.17, 15) is 14.4 Å². The molecule has 1 rings (SSSR count). The second-order valence-corrected chi connectivity index (χ2v) is 7.48. The maximum absolute atomic E-state index is 13.2. The minimum atomic E-state index is -1.23. The number of carbonyl (C=O) groups excluding carboxylic acids is 3. The fourth-order valence-corrected chi connectivity index (χ4v) is 3.56. The van der Waals surface area contributed by atoms with Crippen LogP contribution in [0.1, 0.15) is 54.4 Å². The average Bonchev–Trinajstić information content (AvgIpc) is 2.78. The average molecular weight is 431 g/mol. The molecule has 0 unspecified atom stereocenters. The topological polar surface area (TPSA) is 64.2 Å². The van der Waals surface area contributed by atoms with Crippen LogP contribution in [0.25, 0.3) is 0 Å². The van der Waals surface area contributed by atoms with Gasteiger partial charge in [-0.25, -0.2) is 4.79 Å². The van der Waals surface area contributed by atoms with Gasteiger partial charge in [0.2, 0.25) is 11.8 Å². The van der Waals surface area contributed by atoms with Crippen LogP contribution in [0.3, 0.4) is 0 Å². The van der Waals surface area contributed by atoms with Crippen molar-refractivity contribution in [2.45, 2.75) is 54.4 Å². The van der Waals surface area contributed by atoms with E-state index in [0.29, 0.717) is 25.9 Å². The van der Waals surface area contributed by atoms with Gasteiger partial charge in [-0.05, 0) is 39.0 Å². The predicted octanol–water partition coefficient (Wildman–Crippen LogP) is 2.27. The van der Waals surface area contributed by atoms with Crippen LogP contribution in [0, 0.1) is 29.1 Å². The van der Waals surface area contributed by atoms with Crippen LogP contribution in [0.5, 0.6) is 0 Å². The van der Waals surface area contributed by atoms with E-state index in [1.807, 2.05) is 13.8 Å². The lowest BCUT2D eigenvalue weighted by atomic mass is 9.78. The van der Waals surface area contributed by atoms with Gasteiger partial charge in [0, 0.05) is 0 Å². The highest BCUT2D eigenvalue weighted by atomic mass is 16.2. The number of nitrogens with zero attached hydrogens (tertiary/aromatic N) is 4. The standard InChI is InChI=1S/C24H38N4O3/c1-7-24(8-2)21(29)27(19-15-13-17-25(9-3)10-4)23(31)28(22(24)30)20-16-14-18-26(11-5)12-6/h7-12,17-20H2,1-6H3. The SMILES string of the molecule is CCN(CC)CC#CCN1C(=O)N(CC#CCN(CC)CC)C(=O)C(CC)(CC)C1=O. The summed E-state index contributed by atoms with van der Waals surface area (Å²) in [5, 5.41) is 0. The quantitative estimate of drug-likeness (QED) is 0.393. The van der Waals surface area contributed by atoms with Crippen molar-refractivity contribution < 1.29 is 14.4 Å². The van der Waals surface area contributed by atoms with Crippen molar-refractivity contribution in [1.29, 1.82) is 0 Å².